The van der Waals surface area contributed by atoms with Gasteiger partial charge in [-0.2, -0.15) is 0 Å². The molecule has 0 radical (unpaired) electrons. The molecule has 2 heterocycles. The Hall–Kier alpha value is -3.65. The fourth-order valence-corrected chi connectivity index (χ4v) is 4.28. The Morgan fingerprint density at radius 2 is 1.78 bits per heavy atom. The van der Waals surface area contributed by atoms with Crippen LogP contribution in [0.15, 0.2) is 64.8 Å². The van der Waals surface area contributed by atoms with E-state index in [0.717, 1.165) is 16.9 Å². The molecular weight excluding hydrogens is 428 g/mol. The SMILES string of the molecule is COc1ccc(-c2csc3nc(C)n(CC(=O)OCCOc4ccccc4)c(=O)c23)cc1. The van der Waals surface area contributed by atoms with Gasteiger partial charge in [0.1, 0.15) is 41.9 Å². The third-order valence-corrected chi connectivity index (χ3v) is 5.80. The molecule has 0 aliphatic rings. The maximum Gasteiger partial charge on any atom is 0.326 e. The zero-order valence-electron chi connectivity index (χ0n) is 17.7. The second-order valence-electron chi connectivity index (χ2n) is 6.99. The van der Waals surface area contributed by atoms with Crippen molar-refractivity contribution >= 4 is 27.5 Å². The van der Waals surface area contributed by atoms with E-state index < -0.39 is 5.97 Å². The van der Waals surface area contributed by atoms with Gasteiger partial charge in [-0.3, -0.25) is 14.2 Å². The van der Waals surface area contributed by atoms with Crippen molar-refractivity contribution in [1.29, 1.82) is 0 Å². The summed E-state index contributed by atoms with van der Waals surface area (Å²) in [7, 11) is 1.60. The number of benzene rings is 2. The second-order valence-corrected chi connectivity index (χ2v) is 7.85. The van der Waals surface area contributed by atoms with Crippen LogP contribution in [0, 0.1) is 6.92 Å². The van der Waals surface area contributed by atoms with Crippen LogP contribution in [0.1, 0.15) is 5.82 Å². The molecule has 0 aliphatic heterocycles. The number of rotatable bonds is 8. The molecule has 8 heteroatoms. The Morgan fingerprint density at radius 1 is 1.03 bits per heavy atom. The van der Waals surface area contributed by atoms with Crippen LogP contribution in [0.4, 0.5) is 0 Å². The van der Waals surface area contributed by atoms with Crippen molar-refractivity contribution < 1.29 is 19.0 Å². The third-order valence-electron chi connectivity index (χ3n) is 4.93. The van der Waals surface area contributed by atoms with Crippen molar-refractivity contribution in [2.45, 2.75) is 13.5 Å². The first kappa shape index (κ1) is 21.6. The van der Waals surface area contributed by atoms with Crippen molar-refractivity contribution in [3.63, 3.8) is 0 Å². The number of hydrogen-bond donors (Lipinski definition) is 0. The lowest BCUT2D eigenvalue weighted by Crippen LogP contribution is -2.28. The smallest absolute Gasteiger partial charge is 0.326 e. The van der Waals surface area contributed by atoms with Gasteiger partial charge in [-0.25, -0.2) is 4.98 Å². The van der Waals surface area contributed by atoms with Crippen LogP contribution in [0.25, 0.3) is 21.3 Å². The van der Waals surface area contributed by atoms with E-state index in [1.54, 1.807) is 14.0 Å². The van der Waals surface area contributed by atoms with E-state index in [9.17, 15) is 9.59 Å². The molecule has 0 atom stereocenters. The Morgan fingerprint density at radius 3 is 2.50 bits per heavy atom. The van der Waals surface area contributed by atoms with Gasteiger partial charge >= 0.3 is 5.97 Å². The van der Waals surface area contributed by atoms with Crippen molar-refractivity contribution in [2.75, 3.05) is 20.3 Å². The molecule has 32 heavy (non-hydrogen) atoms. The van der Waals surface area contributed by atoms with Crippen LogP contribution in [0.2, 0.25) is 0 Å². The summed E-state index contributed by atoms with van der Waals surface area (Å²) in [6.07, 6.45) is 0. The van der Waals surface area contributed by atoms with Gasteiger partial charge in [-0.15, -0.1) is 11.3 Å². The van der Waals surface area contributed by atoms with Crippen molar-refractivity contribution in [3.8, 4) is 22.6 Å². The Kier molecular flexibility index (Phi) is 6.51. The lowest BCUT2D eigenvalue weighted by molar-refractivity contribution is -0.145. The minimum Gasteiger partial charge on any atom is -0.497 e. The summed E-state index contributed by atoms with van der Waals surface area (Å²) in [5.41, 5.74) is 1.40. The van der Waals surface area contributed by atoms with E-state index in [4.69, 9.17) is 14.2 Å². The van der Waals surface area contributed by atoms with Crippen LogP contribution in [-0.2, 0) is 16.1 Å². The van der Waals surface area contributed by atoms with Gasteiger partial charge in [0, 0.05) is 10.9 Å². The van der Waals surface area contributed by atoms with E-state index in [0.29, 0.717) is 21.8 Å². The van der Waals surface area contributed by atoms with Crippen LogP contribution in [0.3, 0.4) is 0 Å². The third kappa shape index (κ3) is 4.65. The predicted octanol–water partition coefficient (Wildman–Crippen LogP) is 4.06. The maximum atomic E-state index is 13.3. The summed E-state index contributed by atoms with van der Waals surface area (Å²) in [6, 6.07) is 16.7. The maximum absolute atomic E-state index is 13.3. The number of thiophene rings is 1. The fraction of sp³-hybridized carbons (Fsp3) is 0.208. The van der Waals surface area contributed by atoms with Crippen LogP contribution < -0.4 is 15.0 Å². The number of methoxy groups -OCH3 is 1. The topological polar surface area (TPSA) is 79.7 Å². The lowest BCUT2D eigenvalue weighted by atomic mass is 10.1. The van der Waals surface area contributed by atoms with E-state index in [1.807, 2.05) is 60.0 Å². The highest BCUT2D eigenvalue weighted by Gasteiger charge is 2.17. The molecule has 0 bridgehead atoms. The van der Waals surface area contributed by atoms with Gasteiger partial charge in [-0.05, 0) is 36.8 Å². The normalized spacial score (nSPS) is 10.8. The molecule has 2 aromatic heterocycles. The summed E-state index contributed by atoms with van der Waals surface area (Å²) in [4.78, 5) is 30.8. The monoisotopic (exact) mass is 450 g/mol. The quantitative estimate of drug-likeness (QED) is 0.297. The van der Waals surface area contributed by atoms with E-state index >= 15 is 0 Å². The summed E-state index contributed by atoms with van der Waals surface area (Å²) in [5.74, 6) is 1.38. The second kappa shape index (κ2) is 9.65. The number of fused-ring (bicyclic) bond motifs is 1. The molecule has 164 valence electrons. The Balaban J connectivity index is 1.49. The minimum absolute atomic E-state index is 0.0900. The molecule has 0 saturated heterocycles. The molecule has 0 fully saturated rings. The average Bonchev–Trinajstić information content (AvgIpc) is 3.24. The van der Waals surface area contributed by atoms with E-state index in [2.05, 4.69) is 4.98 Å². The first-order valence-corrected chi connectivity index (χ1v) is 10.9. The molecule has 4 aromatic rings. The Bertz CT molecular complexity index is 1280. The number of carbonyl (C=O) groups is 1. The molecule has 7 nitrogen and oxygen atoms in total. The number of aryl methyl sites for hydroxylation is 1. The van der Waals surface area contributed by atoms with Crippen LogP contribution in [-0.4, -0.2) is 35.8 Å². The number of nitrogens with zero attached hydrogens (tertiary/aromatic N) is 2. The lowest BCUT2D eigenvalue weighted by Gasteiger charge is -2.11. The number of aromatic nitrogens is 2. The number of hydrogen-bond acceptors (Lipinski definition) is 7. The number of esters is 1. The summed E-state index contributed by atoms with van der Waals surface area (Å²) >= 11 is 1.40. The highest BCUT2D eigenvalue weighted by Crippen LogP contribution is 2.32. The zero-order valence-corrected chi connectivity index (χ0v) is 18.6. The van der Waals surface area contributed by atoms with Crippen molar-refractivity contribution in [1.82, 2.24) is 9.55 Å². The standard InChI is InChI=1S/C24H22N2O5S/c1-16-25-23-22(20(15-32-23)17-8-10-18(29-2)11-9-17)24(28)26(16)14-21(27)31-13-12-30-19-6-4-3-5-7-19/h3-11,15H,12-14H2,1-2H3. The molecule has 4 rings (SSSR count). The van der Waals surface area contributed by atoms with Gasteiger partial charge in [0.15, 0.2) is 0 Å². The highest BCUT2D eigenvalue weighted by atomic mass is 32.1. The average molecular weight is 451 g/mol. The van der Waals surface area contributed by atoms with E-state index in [-0.39, 0.29) is 25.3 Å². The van der Waals surface area contributed by atoms with Gasteiger partial charge in [0.25, 0.3) is 5.56 Å². The van der Waals surface area contributed by atoms with Gasteiger partial charge < -0.3 is 14.2 Å². The molecule has 0 amide bonds. The fourth-order valence-electron chi connectivity index (χ4n) is 3.30. The molecule has 0 aliphatic carbocycles. The summed E-state index contributed by atoms with van der Waals surface area (Å²) < 4.78 is 17.3. The molecule has 0 spiro atoms. The van der Waals surface area contributed by atoms with Gasteiger partial charge in [0.2, 0.25) is 0 Å². The van der Waals surface area contributed by atoms with Gasteiger partial charge in [0.05, 0.1) is 12.5 Å². The van der Waals surface area contributed by atoms with Gasteiger partial charge in [-0.1, -0.05) is 30.3 Å². The van der Waals surface area contributed by atoms with Crippen LogP contribution in [0.5, 0.6) is 11.5 Å². The first-order chi connectivity index (χ1) is 15.6. The molecular formula is C24H22N2O5S. The van der Waals surface area contributed by atoms with Crippen LogP contribution >= 0.6 is 11.3 Å². The zero-order chi connectivity index (χ0) is 22.5. The molecule has 0 N–H and O–H groups in total. The number of ether oxygens (including phenoxy) is 3. The number of para-hydroxylation sites is 1. The number of carbonyl (C=O) groups excluding carboxylic acids is 1. The van der Waals surface area contributed by atoms with E-state index in [1.165, 1.54) is 15.9 Å². The molecule has 0 unspecified atom stereocenters. The van der Waals surface area contributed by atoms with Crippen molar-refractivity contribution in [3.05, 3.63) is 76.2 Å². The Labute approximate surface area is 188 Å². The molecule has 2 aromatic carbocycles. The first-order valence-electron chi connectivity index (χ1n) is 10.0. The predicted molar refractivity (Wildman–Crippen MR) is 124 cm³/mol. The molecule has 0 saturated carbocycles. The van der Waals surface area contributed by atoms with Crippen molar-refractivity contribution in [2.24, 2.45) is 0 Å². The largest absolute Gasteiger partial charge is 0.497 e. The highest BCUT2D eigenvalue weighted by molar-refractivity contribution is 7.17. The summed E-state index contributed by atoms with van der Waals surface area (Å²) in [6.45, 7) is 1.82. The summed E-state index contributed by atoms with van der Waals surface area (Å²) in [5, 5.41) is 2.40. The minimum atomic E-state index is -0.519.